The number of hydrogen-bond donors (Lipinski definition) is 2. The second-order valence-corrected chi connectivity index (χ2v) is 12.3. The van der Waals surface area contributed by atoms with Gasteiger partial charge in [0.25, 0.3) is 0 Å². The van der Waals surface area contributed by atoms with Crippen LogP contribution in [0.3, 0.4) is 0 Å². The summed E-state index contributed by atoms with van der Waals surface area (Å²) >= 11 is 1.57. The SMILES string of the molecule is C/C1=C/C[C@H](/C(C)=C/c2csc(C)n2)OC(=O)C[C@H](O)C(C)(C)C(=O)[C@H](C)[C@@H](O)[C@@H](C)C2CC2C1. The zero-order valence-electron chi connectivity index (χ0n) is 22.1. The Morgan fingerprint density at radius 3 is 2.51 bits per heavy atom. The number of ketones is 1. The summed E-state index contributed by atoms with van der Waals surface area (Å²) in [6.45, 7) is 13.0. The lowest BCUT2D eigenvalue weighted by atomic mass is 9.72. The Labute approximate surface area is 213 Å². The van der Waals surface area contributed by atoms with Crippen molar-refractivity contribution >= 4 is 29.2 Å². The molecule has 35 heavy (non-hydrogen) atoms. The van der Waals surface area contributed by atoms with Crippen molar-refractivity contribution in [1.82, 2.24) is 4.98 Å². The minimum Gasteiger partial charge on any atom is -0.457 e. The number of rotatable bonds is 2. The van der Waals surface area contributed by atoms with E-state index in [2.05, 4.69) is 18.0 Å². The van der Waals surface area contributed by atoms with E-state index in [0.717, 1.165) is 29.1 Å². The maximum atomic E-state index is 13.3. The summed E-state index contributed by atoms with van der Waals surface area (Å²) in [6, 6.07) is 0. The number of aryl methyl sites for hydroxylation is 1. The van der Waals surface area contributed by atoms with Crippen molar-refractivity contribution in [3.8, 4) is 0 Å². The number of cyclic esters (lactones) is 1. The zero-order valence-corrected chi connectivity index (χ0v) is 22.9. The lowest BCUT2D eigenvalue weighted by molar-refractivity contribution is -0.154. The Morgan fingerprint density at radius 1 is 1.20 bits per heavy atom. The second-order valence-electron chi connectivity index (χ2n) is 11.3. The summed E-state index contributed by atoms with van der Waals surface area (Å²) in [7, 11) is 0. The molecule has 1 aromatic heterocycles. The molecule has 7 heteroatoms. The topological polar surface area (TPSA) is 96.7 Å². The van der Waals surface area contributed by atoms with Gasteiger partial charge in [-0.3, -0.25) is 9.59 Å². The van der Waals surface area contributed by atoms with Gasteiger partial charge in [0.1, 0.15) is 11.9 Å². The van der Waals surface area contributed by atoms with Crippen molar-refractivity contribution in [2.45, 2.75) is 92.5 Å². The lowest BCUT2D eigenvalue weighted by Crippen LogP contribution is -2.46. The Kier molecular flexibility index (Phi) is 8.77. The fourth-order valence-electron chi connectivity index (χ4n) is 5.29. The summed E-state index contributed by atoms with van der Waals surface area (Å²) in [6.07, 6.45) is 3.83. The number of aliphatic hydroxyl groups excluding tert-OH is 2. The largest absolute Gasteiger partial charge is 0.457 e. The average Bonchev–Trinajstić information content (AvgIpc) is 3.43. The minimum absolute atomic E-state index is 0.00272. The fourth-order valence-corrected chi connectivity index (χ4v) is 5.86. The molecule has 2 aliphatic rings. The molecule has 0 radical (unpaired) electrons. The molecule has 0 aromatic carbocycles. The molecule has 0 bridgehead atoms. The molecule has 1 aliphatic carbocycles. The highest BCUT2D eigenvalue weighted by molar-refractivity contribution is 7.09. The number of carbonyl (C=O) groups is 2. The maximum Gasteiger partial charge on any atom is 0.309 e. The molecule has 194 valence electrons. The van der Waals surface area contributed by atoms with Crippen molar-refractivity contribution in [2.75, 3.05) is 0 Å². The molecule has 6 nitrogen and oxygen atoms in total. The number of Topliss-reactive ketones (excluding diaryl/α,β-unsaturated/α-hetero) is 1. The van der Waals surface area contributed by atoms with Gasteiger partial charge in [0, 0.05) is 17.7 Å². The first-order valence-corrected chi connectivity index (χ1v) is 13.5. The number of aliphatic hydroxyl groups is 2. The van der Waals surface area contributed by atoms with Gasteiger partial charge in [0.2, 0.25) is 0 Å². The van der Waals surface area contributed by atoms with Crippen LogP contribution in [0.5, 0.6) is 0 Å². The van der Waals surface area contributed by atoms with Gasteiger partial charge in [-0.15, -0.1) is 11.3 Å². The van der Waals surface area contributed by atoms with Crippen LogP contribution in [0.15, 0.2) is 22.6 Å². The van der Waals surface area contributed by atoms with Gasteiger partial charge in [-0.2, -0.15) is 0 Å². The maximum absolute atomic E-state index is 13.3. The number of hydrogen-bond acceptors (Lipinski definition) is 7. The monoisotopic (exact) mass is 503 g/mol. The van der Waals surface area contributed by atoms with Crippen LogP contribution in [0.2, 0.25) is 0 Å². The minimum atomic E-state index is -1.21. The molecule has 0 spiro atoms. The third-order valence-corrected chi connectivity index (χ3v) is 8.80. The molecular weight excluding hydrogens is 462 g/mol. The van der Waals surface area contributed by atoms with Crippen molar-refractivity contribution in [3.05, 3.63) is 33.3 Å². The Hall–Kier alpha value is -1.83. The third-order valence-electron chi connectivity index (χ3n) is 8.00. The van der Waals surface area contributed by atoms with Crippen molar-refractivity contribution in [3.63, 3.8) is 0 Å². The van der Waals surface area contributed by atoms with Gasteiger partial charge in [-0.05, 0) is 63.0 Å². The molecular formula is C28H41NO5S. The van der Waals surface area contributed by atoms with Crippen LogP contribution in [-0.4, -0.2) is 45.3 Å². The molecule has 0 amide bonds. The highest BCUT2D eigenvalue weighted by Crippen LogP contribution is 2.50. The molecule has 0 saturated heterocycles. The second kappa shape index (κ2) is 11.1. The highest BCUT2D eigenvalue weighted by Gasteiger charge is 2.47. The molecule has 2 heterocycles. The van der Waals surface area contributed by atoms with Gasteiger partial charge in [-0.1, -0.05) is 39.3 Å². The summed E-state index contributed by atoms with van der Waals surface area (Å²) < 4.78 is 5.84. The van der Waals surface area contributed by atoms with Crippen LogP contribution in [0, 0.1) is 36.0 Å². The van der Waals surface area contributed by atoms with Crippen molar-refractivity contribution < 1.29 is 24.5 Å². The normalized spacial score (nSPS) is 36.7. The summed E-state index contributed by atoms with van der Waals surface area (Å²) in [5, 5.41) is 24.8. The standard InChI is InChI=1S/C28H41NO5S/c1-15-8-9-23(16(2)11-21-14-35-19(5)29-21)34-25(31)13-24(30)28(6,7)27(33)18(4)26(32)17(3)22-12-20(22)10-15/h8,11,14,17-18,20,22-24,26,30,32H,9-10,12-13H2,1-7H3/b15-8-,16-11+/t17-,18+,20?,22?,23+,24-,26-/m0/s1. The van der Waals surface area contributed by atoms with Crippen molar-refractivity contribution in [2.24, 2.45) is 29.1 Å². The van der Waals surface area contributed by atoms with E-state index in [-0.39, 0.29) is 18.1 Å². The Balaban J connectivity index is 1.89. The third kappa shape index (κ3) is 6.69. The van der Waals surface area contributed by atoms with Gasteiger partial charge in [0.05, 0.1) is 34.7 Å². The number of esters is 1. The molecule has 1 saturated carbocycles. The number of fused-ring (bicyclic) bond motifs is 1. The van der Waals surface area contributed by atoms with E-state index < -0.39 is 35.6 Å². The van der Waals surface area contributed by atoms with Gasteiger partial charge >= 0.3 is 5.97 Å². The van der Waals surface area contributed by atoms with Crippen molar-refractivity contribution in [1.29, 1.82) is 0 Å². The lowest BCUT2D eigenvalue weighted by Gasteiger charge is -2.34. The highest BCUT2D eigenvalue weighted by atomic mass is 32.1. The van der Waals surface area contributed by atoms with E-state index in [0.29, 0.717) is 18.3 Å². The molecule has 1 aliphatic heterocycles. The van der Waals surface area contributed by atoms with Gasteiger partial charge in [0.15, 0.2) is 0 Å². The van der Waals surface area contributed by atoms with Crippen LogP contribution < -0.4 is 0 Å². The van der Waals surface area contributed by atoms with Crippen LogP contribution in [-0.2, 0) is 14.3 Å². The van der Waals surface area contributed by atoms with E-state index in [1.165, 1.54) is 5.57 Å². The first-order valence-electron chi connectivity index (χ1n) is 12.7. The first-order chi connectivity index (χ1) is 16.3. The van der Waals surface area contributed by atoms with Crippen LogP contribution in [0.4, 0.5) is 0 Å². The smallest absolute Gasteiger partial charge is 0.309 e. The summed E-state index contributed by atoms with van der Waals surface area (Å²) in [4.78, 5) is 30.7. The van der Waals surface area contributed by atoms with E-state index in [9.17, 15) is 19.8 Å². The molecule has 3 rings (SSSR count). The number of aromatic nitrogens is 1. The van der Waals surface area contributed by atoms with Crippen LogP contribution >= 0.6 is 11.3 Å². The summed E-state index contributed by atoms with van der Waals surface area (Å²) in [5.74, 6) is -0.544. The van der Waals surface area contributed by atoms with Crippen LogP contribution in [0.1, 0.15) is 77.9 Å². The molecule has 1 fully saturated rings. The van der Waals surface area contributed by atoms with E-state index in [1.807, 2.05) is 32.2 Å². The van der Waals surface area contributed by atoms with E-state index >= 15 is 0 Å². The summed E-state index contributed by atoms with van der Waals surface area (Å²) in [5.41, 5.74) is 1.76. The predicted molar refractivity (Wildman–Crippen MR) is 139 cm³/mol. The van der Waals surface area contributed by atoms with E-state index in [4.69, 9.17) is 4.74 Å². The fraction of sp³-hybridized carbons (Fsp3) is 0.679. The number of carbonyl (C=O) groups excluding carboxylic acids is 2. The first kappa shape index (κ1) is 27.8. The molecule has 1 aromatic rings. The van der Waals surface area contributed by atoms with Crippen LogP contribution in [0.25, 0.3) is 6.08 Å². The van der Waals surface area contributed by atoms with E-state index in [1.54, 1.807) is 32.1 Å². The Morgan fingerprint density at radius 2 is 1.89 bits per heavy atom. The number of allylic oxidation sites excluding steroid dienone is 1. The number of ether oxygens (including phenoxy) is 1. The molecule has 2 unspecified atom stereocenters. The number of thiazole rings is 1. The molecule has 2 N–H and O–H groups in total. The Bertz CT molecular complexity index is 993. The average molecular weight is 504 g/mol. The van der Waals surface area contributed by atoms with Gasteiger partial charge in [-0.25, -0.2) is 4.98 Å². The van der Waals surface area contributed by atoms with Gasteiger partial charge < -0.3 is 14.9 Å². The number of nitrogens with zero attached hydrogens (tertiary/aromatic N) is 1. The predicted octanol–water partition coefficient (Wildman–Crippen LogP) is 5.12. The zero-order chi connectivity index (χ0) is 26.1. The molecule has 7 atom stereocenters. The quantitative estimate of drug-likeness (QED) is 0.429.